The maximum Gasteiger partial charge on any atom is 0.169 e. The van der Waals surface area contributed by atoms with Crippen LogP contribution in [-0.4, -0.2) is 0 Å². The number of alkyl halides is 2. The van der Waals surface area contributed by atoms with Gasteiger partial charge in [-0.15, -0.1) is 0 Å². The van der Waals surface area contributed by atoms with Crippen molar-refractivity contribution in [2.24, 2.45) is 0 Å². The van der Waals surface area contributed by atoms with E-state index in [4.69, 9.17) is 23.2 Å². The molecule has 3 rings (SSSR count). The van der Waals surface area contributed by atoms with Crippen LogP contribution in [0.25, 0.3) is 11.1 Å². The summed E-state index contributed by atoms with van der Waals surface area (Å²) in [6.07, 6.45) is 0. The molecule has 0 aliphatic heterocycles. The van der Waals surface area contributed by atoms with E-state index in [2.05, 4.69) is 77.9 Å². The molecule has 0 N–H and O–H groups in total. The first kappa shape index (κ1) is 20.2. The molecule has 1 aliphatic rings. The van der Waals surface area contributed by atoms with Gasteiger partial charge in [0, 0.05) is 37.3 Å². The summed E-state index contributed by atoms with van der Waals surface area (Å²) in [5, 5.41) is 0. The van der Waals surface area contributed by atoms with E-state index in [1.54, 1.807) is 0 Å². The van der Waals surface area contributed by atoms with Crippen molar-refractivity contribution in [3.05, 3.63) is 58.7 Å². The SMILES string of the molecule is CC(C)(C)c1ccc2c(c1)-c1cccc(C(C)(C)C)c1C2(Cl)Cl.[Zr]. The van der Waals surface area contributed by atoms with Crippen molar-refractivity contribution < 1.29 is 26.2 Å². The molecule has 0 radical (unpaired) electrons. The Kier molecular flexibility index (Phi) is 5.27. The minimum atomic E-state index is -0.981. The van der Waals surface area contributed by atoms with E-state index >= 15 is 0 Å². The van der Waals surface area contributed by atoms with Gasteiger partial charge in [-0.1, -0.05) is 101 Å². The van der Waals surface area contributed by atoms with Gasteiger partial charge in [0.1, 0.15) is 0 Å². The first-order chi connectivity index (χ1) is 10.4. The normalized spacial score (nSPS) is 15.5. The monoisotopic (exact) mass is 436 g/mol. The van der Waals surface area contributed by atoms with Gasteiger partial charge in [-0.25, -0.2) is 0 Å². The van der Waals surface area contributed by atoms with Crippen molar-refractivity contribution >= 4 is 23.2 Å². The van der Waals surface area contributed by atoms with Crippen molar-refractivity contribution in [3.63, 3.8) is 0 Å². The molecular weight excluding hydrogens is 414 g/mol. The minimum Gasteiger partial charge on any atom is -0.0909 e. The second kappa shape index (κ2) is 6.26. The molecule has 0 spiro atoms. The summed E-state index contributed by atoms with van der Waals surface area (Å²) in [7, 11) is 0. The van der Waals surface area contributed by atoms with Gasteiger partial charge in [0.15, 0.2) is 4.33 Å². The third kappa shape index (κ3) is 3.17. The van der Waals surface area contributed by atoms with Crippen LogP contribution in [0.4, 0.5) is 0 Å². The topological polar surface area (TPSA) is 0 Å². The molecule has 0 fully saturated rings. The molecular formula is C21H24Cl2Zr. The molecule has 0 heterocycles. The summed E-state index contributed by atoms with van der Waals surface area (Å²) in [4.78, 5) is 0. The number of fused-ring (bicyclic) bond motifs is 3. The quantitative estimate of drug-likeness (QED) is 0.391. The van der Waals surface area contributed by atoms with E-state index in [0.29, 0.717) is 0 Å². The molecule has 0 aromatic heterocycles. The smallest absolute Gasteiger partial charge is 0.0909 e. The number of benzene rings is 2. The Morgan fingerprint density at radius 1 is 0.792 bits per heavy atom. The van der Waals surface area contributed by atoms with Gasteiger partial charge in [-0.3, -0.25) is 0 Å². The Morgan fingerprint density at radius 3 is 1.96 bits per heavy atom. The standard InChI is InChI=1S/C21H24Cl2.Zr/c1-19(2,3)13-10-11-16-15(12-13)14-8-7-9-17(20(4,5)6)18(14)21(16,22)23;/h7-12H,1-6H3;. The van der Waals surface area contributed by atoms with Crippen LogP contribution < -0.4 is 0 Å². The molecule has 0 saturated heterocycles. The number of hydrogen-bond donors (Lipinski definition) is 0. The third-order valence-corrected chi connectivity index (χ3v) is 5.49. The van der Waals surface area contributed by atoms with Crippen LogP contribution in [0.3, 0.4) is 0 Å². The Labute approximate surface area is 175 Å². The molecule has 0 saturated carbocycles. The number of rotatable bonds is 0. The maximum atomic E-state index is 6.87. The van der Waals surface area contributed by atoms with Gasteiger partial charge in [0.2, 0.25) is 0 Å². The van der Waals surface area contributed by atoms with Crippen LogP contribution in [0.1, 0.15) is 63.8 Å². The van der Waals surface area contributed by atoms with Crippen molar-refractivity contribution in [1.82, 2.24) is 0 Å². The summed E-state index contributed by atoms with van der Waals surface area (Å²) >= 11 is 13.7. The fraction of sp³-hybridized carbons (Fsp3) is 0.429. The van der Waals surface area contributed by atoms with Crippen molar-refractivity contribution in [2.45, 2.75) is 56.7 Å². The Hall–Kier alpha value is -0.0969. The fourth-order valence-electron chi connectivity index (χ4n) is 3.38. The zero-order valence-electron chi connectivity index (χ0n) is 15.2. The van der Waals surface area contributed by atoms with E-state index in [9.17, 15) is 0 Å². The molecule has 24 heavy (non-hydrogen) atoms. The fourth-order valence-corrected chi connectivity index (χ4v) is 4.12. The van der Waals surface area contributed by atoms with Crippen LogP contribution >= 0.6 is 23.2 Å². The van der Waals surface area contributed by atoms with Crippen molar-refractivity contribution in [2.75, 3.05) is 0 Å². The van der Waals surface area contributed by atoms with Crippen molar-refractivity contribution in [1.29, 1.82) is 0 Å². The van der Waals surface area contributed by atoms with Gasteiger partial charge >= 0.3 is 0 Å². The first-order valence-corrected chi connectivity index (χ1v) is 8.87. The molecule has 126 valence electrons. The summed E-state index contributed by atoms with van der Waals surface area (Å²) in [6.45, 7) is 13.3. The van der Waals surface area contributed by atoms with E-state index in [1.807, 2.05) is 0 Å². The predicted octanol–water partition coefficient (Wildman–Crippen LogP) is 6.94. The number of halogens is 2. The van der Waals surface area contributed by atoms with Crippen LogP contribution in [-0.2, 0) is 41.4 Å². The molecule has 0 unspecified atom stereocenters. The summed E-state index contributed by atoms with van der Waals surface area (Å²) in [6, 6.07) is 12.9. The molecule has 0 amide bonds. The molecule has 2 aromatic carbocycles. The van der Waals surface area contributed by atoms with Crippen LogP contribution in [0.5, 0.6) is 0 Å². The largest absolute Gasteiger partial charge is 0.169 e. The van der Waals surface area contributed by atoms with Gasteiger partial charge in [-0.2, -0.15) is 0 Å². The second-order valence-corrected chi connectivity index (χ2v) is 9.89. The molecule has 0 nitrogen and oxygen atoms in total. The van der Waals surface area contributed by atoms with Crippen molar-refractivity contribution in [3.8, 4) is 11.1 Å². The zero-order valence-corrected chi connectivity index (χ0v) is 19.2. The number of hydrogen-bond acceptors (Lipinski definition) is 0. The summed E-state index contributed by atoms with van der Waals surface area (Å²) in [5.74, 6) is 0. The Bertz CT molecular complexity index is 777. The molecule has 2 aromatic rings. The van der Waals surface area contributed by atoms with E-state index in [1.165, 1.54) is 22.3 Å². The summed E-state index contributed by atoms with van der Waals surface area (Å²) in [5.41, 5.74) is 7.00. The molecule has 0 bridgehead atoms. The molecule has 3 heteroatoms. The maximum absolute atomic E-state index is 6.87. The van der Waals surface area contributed by atoms with Crippen LogP contribution in [0.15, 0.2) is 36.4 Å². The average molecular weight is 439 g/mol. The third-order valence-electron chi connectivity index (χ3n) is 4.70. The van der Waals surface area contributed by atoms with E-state index in [-0.39, 0.29) is 37.0 Å². The minimum absolute atomic E-state index is 0. The Morgan fingerprint density at radius 2 is 1.42 bits per heavy atom. The van der Waals surface area contributed by atoms with E-state index < -0.39 is 4.33 Å². The predicted molar refractivity (Wildman–Crippen MR) is 102 cm³/mol. The molecule has 1 aliphatic carbocycles. The second-order valence-electron chi connectivity index (χ2n) is 8.56. The average Bonchev–Trinajstić information content (AvgIpc) is 2.66. The van der Waals surface area contributed by atoms with Gasteiger partial charge in [0.25, 0.3) is 0 Å². The van der Waals surface area contributed by atoms with Gasteiger partial charge in [0.05, 0.1) is 0 Å². The molecule has 0 atom stereocenters. The van der Waals surface area contributed by atoms with Crippen LogP contribution in [0.2, 0.25) is 0 Å². The van der Waals surface area contributed by atoms with Crippen LogP contribution in [0, 0.1) is 0 Å². The zero-order chi connectivity index (χ0) is 17.2. The van der Waals surface area contributed by atoms with Gasteiger partial charge < -0.3 is 0 Å². The van der Waals surface area contributed by atoms with Gasteiger partial charge in [-0.05, 0) is 33.1 Å². The summed E-state index contributed by atoms with van der Waals surface area (Å²) < 4.78 is -0.981. The van der Waals surface area contributed by atoms with E-state index in [0.717, 1.165) is 11.1 Å². The first-order valence-electron chi connectivity index (χ1n) is 8.11. The Balaban J connectivity index is 0.00000208.